The van der Waals surface area contributed by atoms with Gasteiger partial charge in [0, 0.05) is 0 Å². The molecule has 1 saturated heterocycles. The highest BCUT2D eigenvalue weighted by molar-refractivity contribution is 6.08. The first-order valence-electron chi connectivity index (χ1n) is 7.74. The van der Waals surface area contributed by atoms with Crippen molar-refractivity contribution in [2.24, 2.45) is 0 Å². The summed E-state index contributed by atoms with van der Waals surface area (Å²) in [6.07, 6.45) is 0.723. The quantitative estimate of drug-likeness (QED) is 0.814. The fourth-order valence-electron chi connectivity index (χ4n) is 2.56. The number of benzene rings is 1. The highest BCUT2D eigenvalue weighted by atomic mass is 16.2. The molecule has 0 aliphatic carbocycles. The van der Waals surface area contributed by atoms with Crippen LogP contribution in [-0.4, -0.2) is 34.8 Å². The molecule has 1 heterocycles. The number of amides is 4. The molecule has 0 radical (unpaired) electrons. The van der Waals surface area contributed by atoms with E-state index in [2.05, 4.69) is 10.6 Å². The van der Waals surface area contributed by atoms with Crippen LogP contribution in [0.15, 0.2) is 24.3 Å². The molecule has 1 aromatic carbocycles. The molecule has 1 aliphatic rings. The standard InChI is InChI=1S/C17H23N3O3/c1-5-13(12-8-6-11(2)7-9-12)18-14(21)10-20-15(22)17(3,4)19-16(20)23/h6-9,13H,5,10H2,1-4H3,(H,18,21)(H,19,23)/t13-/m1/s1. The Labute approximate surface area is 136 Å². The van der Waals surface area contributed by atoms with Gasteiger partial charge in [-0.05, 0) is 32.8 Å². The van der Waals surface area contributed by atoms with E-state index in [1.165, 1.54) is 0 Å². The zero-order valence-corrected chi connectivity index (χ0v) is 14.0. The number of imide groups is 1. The van der Waals surface area contributed by atoms with Gasteiger partial charge in [-0.15, -0.1) is 0 Å². The molecule has 6 nitrogen and oxygen atoms in total. The van der Waals surface area contributed by atoms with Gasteiger partial charge in [-0.25, -0.2) is 4.79 Å². The number of rotatable bonds is 5. The van der Waals surface area contributed by atoms with Gasteiger partial charge in [-0.3, -0.25) is 14.5 Å². The predicted molar refractivity (Wildman–Crippen MR) is 86.7 cm³/mol. The lowest BCUT2D eigenvalue weighted by atomic mass is 10.0. The van der Waals surface area contributed by atoms with Crippen molar-refractivity contribution in [2.45, 2.75) is 45.7 Å². The minimum atomic E-state index is -0.960. The Morgan fingerprint density at radius 3 is 2.35 bits per heavy atom. The van der Waals surface area contributed by atoms with Crippen LogP contribution in [0.5, 0.6) is 0 Å². The minimum Gasteiger partial charge on any atom is -0.348 e. The van der Waals surface area contributed by atoms with Crippen molar-refractivity contribution >= 4 is 17.8 Å². The average Bonchev–Trinajstić information content (AvgIpc) is 2.68. The van der Waals surface area contributed by atoms with Crippen LogP contribution in [-0.2, 0) is 9.59 Å². The fourth-order valence-corrected chi connectivity index (χ4v) is 2.56. The first-order valence-corrected chi connectivity index (χ1v) is 7.74. The first kappa shape index (κ1) is 17.0. The molecule has 0 aromatic heterocycles. The Hall–Kier alpha value is -2.37. The second-order valence-corrected chi connectivity index (χ2v) is 6.39. The summed E-state index contributed by atoms with van der Waals surface area (Å²) in [6.45, 7) is 6.94. The van der Waals surface area contributed by atoms with E-state index in [-0.39, 0.29) is 24.4 Å². The largest absolute Gasteiger partial charge is 0.348 e. The van der Waals surface area contributed by atoms with Gasteiger partial charge in [0.1, 0.15) is 12.1 Å². The van der Waals surface area contributed by atoms with Crippen molar-refractivity contribution in [3.05, 3.63) is 35.4 Å². The van der Waals surface area contributed by atoms with E-state index in [4.69, 9.17) is 0 Å². The summed E-state index contributed by atoms with van der Waals surface area (Å²) in [5, 5.41) is 5.45. The maximum absolute atomic E-state index is 12.2. The van der Waals surface area contributed by atoms with Gasteiger partial charge < -0.3 is 10.6 Å². The number of hydrogen-bond acceptors (Lipinski definition) is 3. The third-order valence-corrected chi connectivity index (χ3v) is 3.97. The average molecular weight is 317 g/mol. The van der Waals surface area contributed by atoms with Crippen LogP contribution in [0.1, 0.15) is 44.4 Å². The Kier molecular flexibility index (Phi) is 4.73. The lowest BCUT2D eigenvalue weighted by Crippen LogP contribution is -2.43. The molecule has 1 aromatic rings. The van der Waals surface area contributed by atoms with Gasteiger partial charge in [-0.2, -0.15) is 0 Å². The maximum atomic E-state index is 12.2. The fraction of sp³-hybridized carbons (Fsp3) is 0.471. The number of carbonyl (C=O) groups is 3. The SMILES string of the molecule is CC[C@@H](NC(=O)CN1C(=O)NC(C)(C)C1=O)c1ccc(C)cc1. The van der Waals surface area contributed by atoms with Crippen LogP contribution in [0, 0.1) is 6.92 Å². The summed E-state index contributed by atoms with van der Waals surface area (Å²) in [5.74, 6) is -0.736. The van der Waals surface area contributed by atoms with Gasteiger partial charge in [0.25, 0.3) is 5.91 Å². The Balaban J connectivity index is 2.02. The molecule has 0 unspecified atom stereocenters. The number of hydrogen-bond donors (Lipinski definition) is 2. The van der Waals surface area contributed by atoms with E-state index in [9.17, 15) is 14.4 Å². The number of urea groups is 1. The molecule has 23 heavy (non-hydrogen) atoms. The molecule has 2 rings (SSSR count). The van der Waals surface area contributed by atoms with Crippen molar-refractivity contribution in [1.82, 2.24) is 15.5 Å². The van der Waals surface area contributed by atoms with Crippen molar-refractivity contribution < 1.29 is 14.4 Å². The second kappa shape index (κ2) is 6.40. The van der Waals surface area contributed by atoms with Gasteiger partial charge >= 0.3 is 6.03 Å². The molecule has 4 amide bonds. The Bertz CT molecular complexity index is 622. The van der Waals surface area contributed by atoms with Crippen LogP contribution in [0.25, 0.3) is 0 Å². The normalized spacial score (nSPS) is 17.8. The maximum Gasteiger partial charge on any atom is 0.325 e. The molecule has 1 aliphatic heterocycles. The van der Waals surface area contributed by atoms with E-state index >= 15 is 0 Å². The highest BCUT2D eigenvalue weighted by Crippen LogP contribution is 2.19. The number of carbonyl (C=O) groups excluding carboxylic acids is 3. The van der Waals surface area contributed by atoms with E-state index in [0.29, 0.717) is 0 Å². The molecule has 1 atom stereocenters. The van der Waals surface area contributed by atoms with Gasteiger partial charge in [0.05, 0.1) is 6.04 Å². The number of nitrogens with one attached hydrogen (secondary N) is 2. The highest BCUT2D eigenvalue weighted by Gasteiger charge is 2.44. The lowest BCUT2D eigenvalue weighted by Gasteiger charge is -2.20. The first-order chi connectivity index (χ1) is 10.7. The molecule has 0 bridgehead atoms. The summed E-state index contributed by atoms with van der Waals surface area (Å²) in [5.41, 5.74) is 1.19. The van der Waals surface area contributed by atoms with Crippen LogP contribution in [0.3, 0.4) is 0 Å². The lowest BCUT2D eigenvalue weighted by molar-refractivity contribution is -0.134. The molecule has 2 N–H and O–H groups in total. The molecular weight excluding hydrogens is 294 g/mol. The van der Waals surface area contributed by atoms with Crippen molar-refractivity contribution in [3.63, 3.8) is 0 Å². The van der Waals surface area contributed by atoms with Crippen LogP contribution >= 0.6 is 0 Å². The van der Waals surface area contributed by atoms with E-state index in [1.54, 1.807) is 13.8 Å². The third-order valence-electron chi connectivity index (χ3n) is 3.97. The smallest absolute Gasteiger partial charge is 0.325 e. The molecule has 6 heteroatoms. The number of nitrogens with zero attached hydrogens (tertiary/aromatic N) is 1. The molecule has 124 valence electrons. The molecule has 0 spiro atoms. The van der Waals surface area contributed by atoms with Crippen LogP contribution in [0.4, 0.5) is 4.79 Å². The summed E-state index contributed by atoms with van der Waals surface area (Å²) in [4.78, 5) is 37.1. The van der Waals surface area contributed by atoms with Crippen LogP contribution < -0.4 is 10.6 Å². The zero-order valence-electron chi connectivity index (χ0n) is 14.0. The zero-order chi connectivity index (χ0) is 17.2. The third kappa shape index (κ3) is 3.70. The summed E-state index contributed by atoms with van der Waals surface area (Å²) in [6, 6.07) is 7.26. The summed E-state index contributed by atoms with van der Waals surface area (Å²) in [7, 11) is 0. The molecular formula is C17H23N3O3. The van der Waals surface area contributed by atoms with E-state index in [1.807, 2.05) is 38.1 Å². The van der Waals surface area contributed by atoms with Crippen molar-refractivity contribution in [1.29, 1.82) is 0 Å². The van der Waals surface area contributed by atoms with Crippen LogP contribution in [0.2, 0.25) is 0 Å². The summed E-state index contributed by atoms with van der Waals surface area (Å²) >= 11 is 0. The molecule has 0 saturated carbocycles. The van der Waals surface area contributed by atoms with Gasteiger partial charge in [0.15, 0.2) is 0 Å². The topological polar surface area (TPSA) is 78.5 Å². The monoisotopic (exact) mass is 317 g/mol. The van der Waals surface area contributed by atoms with Gasteiger partial charge in [0.2, 0.25) is 5.91 Å². The second-order valence-electron chi connectivity index (χ2n) is 6.39. The Morgan fingerprint density at radius 1 is 1.26 bits per heavy atom. The predicted octanol–water partition coefficient (Wildman–Crippen LogP) is 1.89. The number of aryl methyl sites for hydroxylation is 1. The summed E-state index contributed by atoms with van der Waals surface area (Å²) < 4.78 is 0. The van der Waals surface area contributed by atoms with Crippen molar-refractivity contribution in [2.75, 3.05) is 6.54 Å². The van der Waals surface area contributed by atoms with Gasteiger partial charge in [-0.1, -0.05) is 36.8 Å². The van der Waals surface area contributed by atoms with E-state index < -0.39 is 11.6 Å². The molecule has 1 fully saturated rings. The minimum absolute atomic E-state index is 0.142. The van der Waals surface area contributed by atoms with E-state index in [0.717, 1.165) is 22.4 Å². The Morgan fingerprint density at radius 2 is 1.87 bits per heavy atom. The van der Waals surface area contributed by atoms with Crippen molar-refractivity contribution in [3.8, 4) is 0 Å².